The quantitative estimate of drug-likeness (QED) is 0.845. The SMILES string of the molecule is COc1ccccc1NC(=S)N(C)CCC1CCOCC1. The van der Waals surface area contributed by atoms with Crippen LogP contribution in [0.1, 0.15) is 19.3 Å². The van der Waals surface area contributed by atoms with E-state index in [9.17, 15) is 0 Å². The third kappa shape index (κ3) is 4.86. The minimum Gasteiger partial charge on any atom is -0.495 e. The smallest absolute Gasteiger partial charge is 0.173 e. The van der Waals surface area contributed by atoms with E-state index in [1.165, 1.54) is 12.8 Å². The number of ether oxygens (including phenoxy) is 2. The Balaban J connectivity index is 1.81. The largest absolute Gasteiger partial charge is 0.495 e. The van der Waals surface area contributed by atoms with Crippen molar-refractivity contribution in [3.63, 3.8) is 0 Å². The average Bonchev–Trinajstić information content (AvgIpc) is 2.54. The molecule has 0 aliphatic carbocycles. The van der Waals surface area contributed by atoms with Crippen molar-refractivity contribution in [2.75, 3.05) is 39.2 Å². The third-order valence-corrected chi connectivity index (χ3v) is 4.32. The van der Waals surface area contributed by atoms with Gasteiger partial charge in [-0.3, -0.25) is 0 Å². The Morgan fingerprint density at radius 3 is 2.81 bits per heavy atom. The highest BCUT2D eigenvalue weighted by atomic mass is 32.1. The molecule has 0 bridgehead atoms. The van der Waals surface area contributed by atoms with E-state index in [-0.39, 0.29) is 0 Å². The first kappa shape index (κ1) is 16.0. The minimum absolute atomic E-state index is 0.728. The van der Waals surface area contributed by atoms with E-state index in [0.717, 1.165) is 48.6 Å². The summed E-state index contributed by atoms with van der Waals surface area (Å²) in [5, 5.41) is 3.98. The third-order valence-electron chi connectivity index (χ3n) is 3.91. The van der Waals surface area contributed by atoms with E-state index < -0.39 is 0 Å². The van der Waals surface area contributed by atoms with E-state index in [1.807, 2.05) is 31.3 Å². The second-order valence-corrected chi connectivity index (χ2v) is 5.78. The summed E-state index contributed by atoms with van der Waals surface area (Å²) in [5.74, 6) is 1.56. The van der Waals surface area contributed by atoms with Gasteiger partial charge in [-0.25, -0.2) is 0 Å². The Labute approximate surface area is 132 Å². The number of nitrogens with one attached hydrogen (secondary N) is 1. The van der Waals surface area contributed by atoms with Crippen molar-refractivity contribution < 1.29 is 9.47 Å². The first-order valence-corrected chi connectivity index (χ1v) is 7.84. The van der Waals surface area contributed by atoms with Crippen molar-refractivity contribution in [3.8, 4) is 5.75 Å². The van der Waals surface area contributed by atoms with Crippen LogP contribution in [0.15, 0.2) is 24.3 Å². The molecule has 116 valence electrons. The van der Waals surface area contributed by atoms with Crippen molar-refractivity contribution >= 4 is 23.0 Å². The van der Waals surface area contributed by atoms with Crippen LogP contribution in [-0.2, 0) is 4.74 Å². The molecule has 0 atom stereocenters. The second kappa shape index (κ2) is 8.20. The van der Waals surface area contributed by atoms with Crippen LogP contribution in [-0.4, -0.2) is 43.9 Å². The minimum atomic E-state index is 0.728. The van der Waals surface area contributed by atoms with Crippen molar-refractivity contribution in [1.29, 1.82) is 0 Å². The lowest BCUT2D eigenvalue weighted by Gasteiger charge is -2.26. The van der Waals surface area contributed by atoms with Gasteiger partial charge in [0.15, 0.2) is 5.11 Å². The summed E-state index contributed by atoms with van der Waals surface area (Å²) in [7, 11) is 3.70. The highest BCUT2D eigenvalue weighted by Crippen LogP contribution is 2.23. The van der Waals surface area contributed by atoms with E-state index in [2.05, 4.69) is 10.2 Å². The van der Waals surface area contributed by atoms with Crippen molar-refractivity contribution in [2.24, 2.45) is 5.92 Å². The highest BCUT2D eigenvalue weighted by Gasteiger charge is 2.15. The molecule has 0 saturated carbocycles. The Bertz CT molecular complexity index is 461. The van der Waals surface area contributed by atoms with Crippen molar-refractivity contribution in [2.45, 2.75) is 19.3 Å². The Kier molecular flexibility index (Phi) is 6.26. The summed E-state index contributed by atoms with van der Waals surface area (Å²) in [4.78, 5) is 2.09. The summed E-state index contributed by atoms with van der Waals surface area (Å²) in [6.45, 7) is 2.77. The lowest BCUT2D eigenvalue weighted by atomic mass is 9.96. The molecule has 0 amide bonds. The summed E-state index contributed by atoms with van der Waals surface area (Å²) in [6.07, 6.45) is 3.49. The van der Waals surface area contributed by atoms with Gasteiger partial charge in [-0.1, -0.05) is 12.1 Å². The molecule has 1 saturated heterocycles. The van der Waals surface area contributed by atoms with E-state index in [1.54, 1.807) is 7.11 Å². The number of anilines is 1. The first-order valence-electron chi connectivity index (χ1n) is 7.43. The molecule has 21 heavy (non-hydrogen) atoms. The van der Waals surface area contributed by atoms with Gasteiger partial charge >= 0.3 is 0 Å². The van der Waals surface area contributed by atoms with Crippen LogP contribution in [0.3, 0.4) is 0 Å². The van der Waals surface area contributed by atoms with Gasteiger partial charge in [0.25, 0.3) is 0 Å². The maximum absolute atomic E-state index is 5.47. The summed E-state index contributed by atoms with van der Waals surface area (Å²) < 4.78 is 10.7. The molecule has 1 fully saturated rings. The van der Waals surface area contributed by atoms with E-state index in [4.69, 9.17) is 21.7 Å². The Morgan fingerprint density at radius 2 is 2.10 bits per heavy atom. The summed E-state index contributed by atoms with van der Waals surface area (Å²) in [6, 6.07) is 7.81. The number of para-hydroxylation sites is 2. The molecule has 4 nitrogen and oxygen atoms in total. The standard InChI is InChI=1S/C16H24N2O2S/c1-18(10-7-13-8-11-20-12-9-13)16(21)17-14-5-3-4-6-15(14)19-2/h3-6,13H,7-12H2,1-2H3,(H,17,21). The zero-order valence-corrected chi connectivity index (χ0v) is 13.6. The molecule has 0 radical (unpaired) electrons. The number of thiocarbonyl (C=S) groups is 1. The van der Waals surface area contributed by atoms with Gasteiger partial charge in [-0.15, -0.1) is 0 Å². The van der Waals surface area contributed by atoms with Crippen LogP contribution < -0.4 is 10.1 Å². The van der Waals surface area contributed by atoms with Crippen molar-refractivity contribution in [1.82, 2.24) is 4.90 Å². The van der Waals surface area contributed by atoms with Crippen LogP contribution >= 0.6 is 12.2 Å². The fourth-order valence-electron chi connectivity index (χ4n) is 2.47. The number of hydrogen-bond donors (Lipinski definition) is 1. The molecule has 1 heterocycles. The summed E-state index contributed by atoms with van der Waals surface area (Å²) in [5.41, 5.74) is 0.905. The van der Waals surface area contributed by atoms with E-state index in [0.29, 0.717) is 0 Å². The molecule has 1 N–H and O–H groups in total. The summed E-state index contributed by atoms with van der Waals surface area (Å²) >= 11 is 5.47. The number of methoxy groups -OCH3 is 1. The van der Waals surface area contributed by atoms with Gasteiger partial charge < -0.3 is 19.7 Å². The van der Waals surface area contributed by atoms with Crippen LogP contribution in [0, 0.1) is 5.92 Å². The van der Waals surface area contributed by atoms with Crippen LogP contribution in [0.25, 0.3) is 0 Å². The lowest BCUT2D eigenvalue weighted by molar-refractivity contribution is 0.0626. The molecule has 1 aliphatic rings. The second-order valence-electron chi connectivity index (χ2n) is 5.40. The zero-order valence-electron chi connectivity index (χ0n) is 12.8. The van der Waals surface area contributed by atoms with Gasteiger partial charge in [0.1, 0.15) is 5.75 Å². The fraction of sp³-hybridized carbons (Fsp3) is 0.562. The Morgan fingerprint density at radius 1 is 1.38 bits per heavy atom. The zero-order chi connectivity index (χ0) is 15.1. The molecule has 1 aromatic rings. The maximum Gasteiger partial charge on any atom is 0.173 e. The van der Waals surface area contributed by atoms with Gasteiger partial charge in [-0.2, -0.15) is 0 Å². The molecular formula is C16H24N2O2S. The monoisotopic (exact) mass is 308 g/mol. The maximum atomic E-state index is 5.47. The average molecular weight is 308 g/mol. The number of nitrogens with zero attached hydrogens (tertiary/aromatic N) is 1. The van der Waals surface area contributed by atoms with Gasteiger partial charge in [0.05, 0.1) is 12.8 Å². The molecule has 2 rings (SSSR count). The fourth-order valence-corrected chi connectivity index (χ4v) is 2.67. The molecule has 5 heteroatoms. The van der Waals surface area contributed by atoms with Gasteiger partial charge in [0, 0.05) is 26.8 Å². The molecule has 0 aromatic heterocycles. The predicted octanol–water partition coefficient (Wildman–Crippen LogP) is 3.14. The molecule has 0 unspecified atom stereocenters. The van der Waals surface area contributed by atoms with Crippen LogP contribution in [0.4, 0.5) is 5.69 Å². The van der Waals surface area contributed by atoms with Gasteiger partial charge in [0.2, 0.25) is 0 Å². The van der Waals surface area contributed by atoms with E-state index >= 15 is 0 Å². The number of benzene rings is 1. The van der Waals surface area contributed by atoms with Crippen molar-refractivity contribution in [3.05, 3.63) is 24.3 Å². The molecular weight excluding hydrogens is 284 g/mol. The molecule has 0 spiro atoms. The van der Waals surface area contributed by atoms with Crippen LogP contribution in [0.2, 0.25) is 0 Å². The number of hydrogen-bond acceptors (Lipinski definition) is 3. The topological polar surface area (TPSA) is 33.7 Å². The Hall–Kier alpha value is -1.33. The molecule has 1 aromatic carbocycles. The molecule has 1 aliphatic heterocycles. The predicted molar refractivity (Wildman–Crippen MR) is 90.0 cm³/mol. The van der Waals surface area contributed by atoms with Crippen LogP contribution in [0.5, 0.6) is 5.75 Å². The number of rotatable bonds is 5. The normalized spacial score (nSPS) is 15.5. The van der Waals surface area contributed by atoms with Gasteiger partial charge in [-0.05, 0) is 49.5 Å². The lowest BCUT2D eigenvalue weighted by Crippen LogP contribution is -2.33. The first-order chi connectivity index (χ1) is 10.2. The highest BCUT2D eigenvalue weighted by molar-refractivity contribution is 7.80.